The van der Waals surface area contributed by atoms with Gasteiger partial charge in [0.1, 0.15) is 22.1 Å². The maximum absolute atomic E-state index is 12.2. The summed E-state index contributed by atoms with van der Waals surface area (Å²) in [7, 11) is 0. The number of nitrogens with zero attached hydrogens (tertiary/aromatic N) is 2. The fraction of sp³-hybridized carbons (Fsp3) is 0. The molecule has 1 amide bonds. The van der Waals surface area contributed by atoms with Gasteiger partial charge in [0.15, 0.2) is 5.76 Å². The van der Waals surface area contributed by atoms with Crippen LogP contribution >= 0.6 is 27.5 Å². The van der Waals surface area contributed by atoms with Crippen molar-refractivity contribution >= 4 is 56.3 Å². The average Bonchev–Trinajstić information content (AvgIpc) is 3.35. The number of rotatable bonds is 5. The van der Waals surface area contributed by atoms with E-state index in [2.05, 4.69) is 26.5 Å². The molecule has 0 atom stereocenters. The molecule has 0 spiro atoms. The minimum absolute atomic E-state index is 0.0396. The van der Waals surface area contributed by atoms with Gasteiger partial charge in [-0.25, -0.2) is 5.43 Å². The second-order valence-corrected chi connectivity index (χ2v) is 7.44. The molecule has 0 bridgehead atoms. The highest BCUT2D eigenvalue weighted by Gasteiger charge is 2.15. The van der Waals surface area contributed by atoms with Gasteiger partial charge < -0.3 is 8.83 Å². The van der Waals surface area contributed by atoms with Crippen molar-refractivity contribution in [2.45, 2.75) is 0 Å². The average molecular weight is 489 g/mol. The smallest absolute Gasteiger partial charge is 0.307 e. The fourth-order valence-electron chi connectivity index (χ4n) is 2.72. The third-order valence-electron chi connectivity index (χ3n) is 4.11. The zero-order chi connectivity index (χ0) is 21.3. The van der Waals surface area contributed by atoms with Crippen LogP contribution in [0.4, 0.5) is 5.69 Å². The summed E-state index contributed by atoms with van der Waals surface area (Å²) < 4.78 is 12.0. The Bertz CT molecular complexity index is 1310. The zero-order valence-electron chi connectivity index (χ0n) is 15.0. The van der Waals surface area contributed by atoms with E-state index in [-0.39, 0.29) is 16.5 Å². The summed E-state index contributed by atoms with van der Waals surface area (Å²) in [6.07, 6.45) is 1.31. The highest BCUT2D eigenvalue weighted by molar-refractivity contribution is 9.10. The first kappa shape index (κ1) is 19.9. The van der Waals surface area contributed by atoms with Crippen molar-refractivity contribution in [3.63, 3.8) is 0 Å². The number of nitro benzene ring substituents is 1. The SMILES string of the molecule is O=C(N/N=C\c1ccc(-c2ccc(Cl)c([N+](=O)[O-])c2)o1)c1cc2cc(Br)ccc2o1. The monoisotopic (exact) mass is 487 g/mol. The van der Waals surface area contributed by atoms with Gasteiger partial charge in [0, 0.05) is 21.5 Å². The Kier molecular flexibility index (Phi) is 5.39. The number of hydrazone groups is 1. The van der Waals surface area contributed by atoms with Crippen LogP contribution in [0.1, 0.15) is 16.3 Å². The molecule has 0 unspecified atom stereocenters. The number of amides is 1. The number of halogens is 2. The van der Waals surface area contributed by atoms with Crippen molar-refractivity contribution in [1.82, 2.24) is 5.43 Å². The van der Waals surface area contributed by atoms with Gasteiger partial charge in [0.2, 0.25) is 0 Å². The first-order valence-electron chi connectivity index (χ1n) is 8.47. The van der Waals surface area contributed by atoms with E-state index in [1.54, 1.807) is 30.3 Å². The van der Waals surface area contributed by atoms with E-state index < -0.39 is 10.8 Å². The minimum Gasteiger partial charge on any atom is -0.455 e. The summed E-state index contributed by atoms with van der Waals surface area (Å²) in [5.74, 6) is 0.342. The van der Waals surface area contributed by atoms with E-state index in [1.165, 1.54) is 18.3 Å². The van der Waals surface area contributed by atoms with Gasteiger partial charge in [0.05, 0.1) is 11.1 Å². The van der Waals surface area contributed by atoms with Crippen LogP contribution in [0.3, 0.4) is 0 Å². The van der Waals surface area contributed by atoms with Crippen LogP contribution < -0.4 is 5.43 Å². The lowest BCUT2D eigenvalue weighted by atomic mass is 10.1. The van der Waals surface area contributed by atoms with Crippen LogP contribution in [0.15, 0.2) is 73.0 Å². The van der Waals surface area contributed by atoms with Crippen LogP contribution in [-0.4, -0.2) is 17.0 Å². The number of nitro groups is 1. The van der Waals surface area contributed by atoms with Crippen LogP contribution in [0, 0.1) is 10.1 Å². The summed E-state index contributed by atoms with van der Waals surface area (Å²) >= 11 is 9.19. The van der Waals surface area contributed by atoms with Gasteiger partial charge in [-0.05, 0) is 48.5 Å². The van der Waals surface area contributed by atoms with Crippen LogP contribution in [0.2, 0.25) is 5.02 Å². The number of carbonyl (C=O) groups excluding carboxylic acids is 1. The van der Waals surface area contributed by atoms with Crippen molar-refractivity contribution in [3.8, 4) is 11.3 Å². The molecule has 1 N–H and O–H groups in total. The second-order valence-electron chi connectivity index (χ2n) is 6.12. The van der Waals surface area contributed by atoms with E-state index in [4.69, 9.17) is 20.4 Å². The van der Waals surface area contributed by atoms with Gasteiger partial charge in [-0.15, -0.1) is 0 Å². The summed E-state index contributed by atoms with van der Waals surface area (Å²) in [6, 6.07) is 14.6. The molecule has 2 heterocycles. The first-order chi connectivity index (χ1) is 14.4. The van der Waals surface area contributed by atoms with E-state index in [1.807, 2.05) is 12.1 Å². The normalized spacial score (nSPS) is 11.3. The lowest BCUT2D eigenvalue weighted by molar-refractivity contribution is -0.384. The van der Waals surface area contributed by atoms with Crippen LogP contribution in [0.5, 0.6) is 0 Å². The quantitative estimate of drug-likeness (QED) is 0.217. The third kappa shape index (κ3) is 4.12. The van der Waals surface area contributed by atoms with E-state index in [0.29, 0.717) is 22.7 Å². The minimum atomic E-state index is -0.566. The van der Waals surface area contributed by atoms with Crippen molar-refractivity contribution in [2.75, 3.05) is 0 Å². The number of nitrogens with one attached hydrogen (secondary N) is 1. The van der Waals surface area contributed by atoms with Crippen molar-refractivity contribution < 1.29 is 18.6 Å². The molecule has 0 aliphatic rings. The molecule has 0 fully saturated rings. The third-order valence-corrected chi connectivity index (χ3v) is 4.93. The molecule has 150 valence electrons. The van der Waals surface area contributed by atoms with Crippen molar-refractivity contribution in [2.24, 2.45) is 5.10 Å². The molecule has 0 saturated carbocycles. The molecule has 4 aromatic rings. The van der Waals surface area contributed by atoms with Crippen molar-refractivity contribution in [1.29, 1.82) is 0 Å². The van der Waals surface area contributed by atoms with E-state index in [0.717, 1.165) is 9.86 Å². The molecule has 2 aromatic heterocycles. The fourth-order valence-corrected chi connectivity index (χ4v) is 3.28. The lowest BCUT2D eigenvalue weighted by Gasteiger charge is -1.99. The van der Waals surface area contributed by atoms with Crippen molar-refractivity contribution in [3.05, 3.63) is 85.7 Å². The van der Waals surface area contributed by atoms with Gasteiger partial charge in [-0.3, -0.25) is 14.9 Å². The van der Waals surface area contributed by atoms with Crippen LogP contribution in [0.25, 0.3) is 22.3 Å². The number of hydrogen-bond donors (Lipinski definition) is 1. The van der Waals surface area contributed by atoms with E-state index in [9.17, 15) is 14.9 Å². The molecule has 30 heavy (non-hydrogen) atoms. The molecule has 0 aliphatic heterocycles. The number of fused-ring (bicyclic) bond motifs is 1. The Morgan fingerprint density at radius 1 is 1.13 bits per heavy atom. The Morgan fingerprint density at radius 3 is 2.77 bits per heavy atom. The summed E-state index contributed by atoms with van der Waals surface area (Å²) in [4.78, 5) is 22.7. The maximum Gasteiger partial charge on any atom is 0.307 e. The van der Waals surface area contributed by atoms with Gasteiger partial charge in [0.25, 0.3) is 5.69 Å². The molecule has 8 nitrogen and oxygen atoms in total. The van der Waals surface area contributed by atoms with Gasteiger partial charge >= 0.3 is 5.91 Å². The molecule has 4 rings (SSSR count). The van der Waals surface area contributed by atoms with Crippen LogP contribution in [-0.2, 0) is 0 Å². The Morgan fingerprint density at radius 2 is 1.97 bits per heavy atom. The van der Waals surface area contributed by atoms with Gasteiger partial charge in [-0.2, -0.15) is 5.10 Å². The highest BCUT2D eigenvalue weighted by Crippen LogP contribution is 2.31. The maximum atomic E-state index is 12.2. The summed E-state index contributed by atoms with van der Waals surface area (Å²) in [6.45, 7) is 0. The first-order valence-corrected chi connectivity index (χ1v) is 9.64. The topological polar surface area (TPSA) is 111 Å². The molecule has 0 radical (unpaired) electrons. The Balaban J connectivity index is 1.46. The molecular weight excluding hydrogens is 478 g/mol. The number of benzene rings is 2. The molecular formula is C20H11BrClN3O5. The highest BCUT2D eigenvalue weighted by atomic mass is 79.9. The molecule has 10 heteroatoms. The standard InChI is InChI=1S/C20H11BrClN3O5/c21-13-2-5-18-12(7-13)9-19(30-18)20(26)24-23-10-14-3-6-17(29-14)11-1-4-15(22)16(8-11)25(27)28/h1-10H,(H,24,26)/b23-10-. The molecule has 0 aliphatic carbocycles. The van der Waals surface area contributed by atoms with Gasteiger partial charge in [-0.1, -0.05) is 27.5 Å². The summed E-state index contributed by atoms with van der Waals surface area (Å²) in [5, 5.41) is 15.7. The summed E-state index contributed by atoms with van der Waals surface area (Å²) in [5.41, 5.74) is 3.22. The second kappa shape index (κ2) is 8.13. The predicted molar refractivity (Wildman–Crippen MR) is 115 cm³/mol. The number of furan rings is 2. The number of carbonyl (C=O) groups is 1. The lowest BCUT2D eigenvalue weighted by Crippen LogP contribution is -2.16. The zero-order valence-corrected chi connectivity index (χ0v) is 17.3. The molecule has 0 saturated heterocycles. The largest absolute Gasteiger partial charge is 0.455 e. The van der Waals surface area contributed by atoms with E-state index >= 15 is 0 Å². The molecule has 2 aromatic carbocycles. The number of hydrogen-bond acceptors (Lipinski definition) is 6. The Hall–Kier alpha value is -3.43. The predicted octanol–water partition coefficient (Wildman–Crippen LogP) is 5.78. The Labute approximate surface area is 182 Å².